The number of carbonyl (C=O) groups is 1. The van der Waals surface area contributed by atoms with Crippen molar-refractivity contribution < 1.29 is 27.7 Å². The molecule has 0 saturated heterocycles. The molecule has 25 heavy (non-hydrogen) atoms. The molecular formula is C18H29O6P. The lowest BCUT2D eigenvalue weighted by Gasteiger charge is -2.30. The van der Waals surface area contributed by atoms with Crippen LogP contribution in [0.1, 0.15) is 64.4 Å². The van der Waals surface area contributed by atoms with Crippen LogP contribution in [-0.2, 0) is 29.5 Å². The third-order valence-electron chi connectivity index (χ3n) is 2.63. The van der Waals surface area contributed by atoms with Crippen LogP contribution in [0.25, 0.3) is 0 Å². The van der Waals surface area contributed by atoms with Crippen LogP contribution in [0.3, 0.4) is 0 Å². The summed E-state index contributed by atoms with van der Waals surface area (Å²) in [5, 5.41) is 0. The van der Waals surface area contributed by atoms with Crippen LogP contribution in [0.5, 0.6) is 0 Å². The Bertz CT molecular complexity index is 590. The number of phosphoric ester groups is 1. The highest BCUT2D eigenvalue weighted by Gasteiger charge is 2.37. The smallest absolute Gasteiger partial charge is 0.462 e. The van der Waals surface area contributed by atoms with Crippen molar-refractivity contribution in [2.75, 3.05) is 6.61 Å². The topological polar surface area (TPSA) is 71.1 Å². The molecule has 0 aliphatic heterocycles. The van der Waals surface area contributed by atoms with Gasteiger partial charge in [-0.2, -0.15) is 0 Å². The molecule has 0 unspecified atom stereocenters. The normalized spacial score (nSPS) is 12.9. The second-order valence-electron chi connectivity index (χ2n) is 7.55. The predicted octanol–water partition coefficient (Wildman–Crippen LogP) is 5.12. The van der Waals surface area contributed by atoms with E-state index in [0.717, 1.165) is 5.56 Å². The zero-order chi connectivity index (χ0) is 19.3. The highest BCUT2D eigenvalue weighted by atomic mass is 31.2. The summed E-state index contributed by atoms with van der Waals surface area (Å²) in [7, 11) is -3.76. The molecule has 0 aromatic heterocycles. The summed E-state index contributed by atoms with van der Waals surface area (Å²) in [4.78, 5) is 11.6. The Balaban J connectivity index is 2.82. The molecular weight excluding hydrogens is 343 g/mol. The molecule has 0 spiro atoms. The third kappa shape index (κ3) is 8.63. The maximum atomic E-state index is 12.9. The Kier molecular flexibility index (Phi) is 7.39. The number of esters is 1. The van der Waals surface area contributed by atoms with E-state index in [9.17, 15) is 9.36 Å². The second kappa shape index (κ2) is 8.45. The van der Waals surface area contributed by atoms with Gasteiger partial charge in [-0.1, -0.05) is 12.1 Å². The van der Waals surface area contributed by atoms with Crippen LogP contribution in [0, 0.1) is 0 Å². The Morgan fingerprint density at radius 3 is 1.84 bits per heavy atom. The molecule has 0 saturated carbocycles. The minimum absolute atomic E-state index is 0.0343. The van der Waals surface area contributed by atoms with Crippen molar-refractivity contribution in [2.45, 2.75) is 66.3 Å². The Labute approximate surface area is 150 Å². The summed E-state index contributed by atoms with van der Waals surface area (Å²) in [6, 6.07) is 6.70. The number of benzene rings is 1. The first-order valence-electron chi connectivity index (χ1n) is 8.26. The van der Waals surface area contributed by atoms with E-state index < -0.39 is 19.0 Å². The predicted molar refractivity (Wildman–Crippen MR) is 96.5 cm³/mol. The molecule has 0 aliphatic rings. The van der Waals surface area contributed by atoms with Crippen LogP contribution < -0.4 is 0 Å². The van der Waals surface area contributed by atoms with E-state index in [0.29, 0.717) is 12.2 Å². The van der Waals surface area contributed by atoms with Gasteiger partial charge in [-0.15, -0.1) is 0 Å². The fourth-order valence-corrected chi connectivity index (χ4v) is 3.64. The van der Waals surface area contributed by atoms with E-state index in [-0.39, 0.29) is 12.6 Å². The molecule has 0 bridgehead atoms. The highest BCUT2D eigenvalue weighted by Crippen LogP contribution is 2.55. The summed E-state index contributed by atoms with van der Waals surface area (Å²) >= 11 is 0. The first kappa shape index (κ1) is 21.8. The van der Waals surface area contributed by atoms with Crippen LogP contribution in [0.15, 0.2) is 24.3 Å². The first-order chi connectivity index (χ1) is 11.3. The third-order valence-corrected chi connectivity index (χ3v) is 4.61. The SMILES string of the molecule is CCOC(=O)c1ccc(COP(=O)(OC(C)(C)C)OC(C)(C)C)cc1. The van der Waals surface area contributed by atoms with Crippen LogP contribution in [-0.4, -0.2) is 23.8 Å². The van der Waals surface area contributed by atoms with E-state index in [1.54, 1.807) is 72.7 Å². The molecule has 0 atom stereocenters. The first-order valence-corrected chi connectivity index (χ1v) is 9.72. The summed E-state index contributed by atoms with van der Waals surface area (Å²) in [5.74, 6) is -0.382. The average Bonchev–Trinajstić information content (AvgIpc) is 2.42. The van der Waals surface area contributed by atoms with Gasteiger partial charge in [0.15, 0.2) is 0 Å². The molecule has 6 nitrogen and oxygen atoms in total. The van der Waals surface area contributed by atoms with Crippen LogP contribution in [0.2, 0.25) is 0 Å². The number of phosphoric acid groups is 1. The maximum Gasteiger partial charge on any atom is 0.476 e. The van der Waals surface area contributed by atoms with Crippen molar-refractivity contribution in [2.24, 2.45) is 0 Å². The number of rotatable bonds is 7. The number of hydrogen-bond donors (Lipinski definition) is 0. The van der Waals surface area contributed by atoms with Gasteiger partial charge < -0.3 is 4.74 Å². The fourth-order valence-electron chi connectivity index (χ4n) is 1.85. The van der Waals surface area contributed by atoms with Crippen LogP contribution >= 0.6 is 7.82 Å². The van der Waals surface area contributed by atoms with Crippen molar-refractivity contribution in [3.63, 3.8) is 0 Å². The minimum Gasteiger partial charge on any atom is -0.462 e. The highest BCUT2D eigenvalue weighted by molar-refractivity contribution is 7.48. The molecule has 142 valence electrons. The number of ether oxygens (including phenoxy) is 1. The largest absolute Gasteiger partial charge is 0.476 e. The lowest BCUT2D eigenvalue weighted by Crippen LogP contribution is -2.24. The Hall–Kier alpha value is -1.20. The van der Waals surface area contributed by atoms with Crippen LogP contribution in [0.4, 0.5) is 0 Å². The average molecular weight is 372 g/mol. The lowest BCUT2D eigenvalue weighted by atomic mass is 10.1. The number of carbonyl (C=O) groups excluding carboxylic acids is 1. The lowest BCUT2D eigenvalue weighted by molar-refractivity contribution is 0.000803. The van der Waals surface area contributed by atoms with E-state index in [1.165, 1.54) is 0 Å². The van der Waals surface area contributed by atoms with E-state index in [4.69, 9.17) is 18.3 Å². The molecule has 1 rings (SSSR count). The molecule has 0 radical (unpaired) electrons. The van der Waals surface area contributed by atoms with E-state index in [2.05, 4.69) is 0 Å². The van der Waals surface area contributed by atoms with Gasteiger partial charge in [0.2, 0.25) is 0 Å². The molecule has 1 aromatic rings. The fraction of sp³-hybridized carbons (Fsp3) is 0.611. The zero-order valence-corrected chi connectivity index (χ0v) is 17.0. The minimum atomic E-state index is -3.76. The van der Waals surface area contributed by atoms with Gasteiger partial charge in [0.1, 0.15) is 0 Å². The van der Waals surface area contributed by atoms with Gasteiger partial charge in [0.25, 0.3) is 0 Å². The second-order valence-corrected chi connectivity index (χ2v) is 9.06. The standard InChI is InChI=1S/C18H29O6P/c1-8-21-16(19)15-11-9-14(10-12-15)13-22-25(20,23-17(2,3)4)24-18(5,6)7/h9-12H,8,13H2,1-7H3. The zero-order valence-electron chi connectivity index (χ0n) is 16.1. The van der Waals surface area contributed by atoms with Gasteiger partial charge >= 0.3 is 13.8 Å². The van der Waals surface area contributed by atoms with E-state index >= 15 is 0 Å². The molecule has 0 amide bonds. The Morgan fingerprint density at radius 1 is 0.960 bits per heavy atom. The summed E-state index contributed by atoms with van der Waals surface area (Å²) in [6.07, 6.45) is 0. The van der Waals surface area contributed by atoms with E-state index in [1.807, 2.05) is 0 Å². The van der Waals surface area contributed by atoms with Crippen molar-refractivity contribution in [3.8, 4) is 0 Å². The quantitative estimate of drug-likeness (QED) is 0.489. The molecule has 0 N–H and O–H groups in total. The van der Waals surface area contributed by atoms with Gasteiger partial charge in [0, 0.05) is 0 Å². The molecule has 7 heteroatoms. The monoisotopic (exact) mass is 372 g/mol. The summed E-state index contributed by atoms with van der Waals surface area (Å²) < 4.78 is 34.5. The van der Waals surface area contributed by atoms with Gasteiger partial charge in [-0.25, -0.2) is 9.36 Å². The van der Waals surface area contributed by atoms with Crippen molar-refractivity contribution in [1.82, 2.24) is 0 Å². The molecule has 0 fully saturated rings. The van der Waals surface area contributed by atoms with Crippen molar-refractivity contribution in [3.05, 3.63) is 35.4 Å². The van der Waals surface area contributed by atoms with Crippen molar-refractivity contribution >= 4 is 13.8 Å². The molecule has 0 aliphatic carbocycles. The van der Waals surface area contributed by atoms with Gasteiger partial charge in [-0.3, -0.25) is 13.6 Å². The number of hydrogen-bond acceptors (Lipinski definition) is 6. The van der Waals surface area contributed by atoms with Gasteiger partial charge in [-0.05, 0) is 66.2 Å². The molecule has 1 aromatic carbocycles. The van der Waals surface area contributed by atoms with Gasteiger partial charge in [0.05, 0.1) is 30.0 Å². The van der Waals surface area contributed by atoms with Crippen molar-refractivity contribution in [1.29, 1.82) is 0 Å². The maximum absolute atomic E-state index is 12.9. The summed E-state index contributed by atoms with van der Waals surface area (Å²) in [5.41, 5.74) is -0.183. The Morgan fingerprint density at radius 2 is 1.44 bits per heavy atom. The molecule has 0 heterocycles. The summed E-state index contributed by atoms with van der Waals surface area (Å²) in [6.45, 7) is 12.8.